The Balaban J connectivity index is -0.000000902. The van der Waals surface area contributed by atoms with E-state index in [1.165, 1.54) is 0 Å². The summed E-state index contributed by atoms with van der Waals surface area (Å²) in [6, 6.07) is -0.950. The van der Waals surface area contributed by atoms with Gasteiger partial charge in [0.25, 0.3) is 0 Å². The minimum absolute atomic E-state index is 0. The normalized spacial score (nSPS) is 24.2. The van der Waals surface area contributed by atoms with Crippen molar-refractivity contribution in [1.82, 2.24) is 10.6 Å². The van der Waals surface area contributed by atoms with Crippen LogP contribution in [-0.4, -0.2) is 43.3 Å². The maximum atomic E-state index is 11.4. The first-order valence-electron chi connectivity index (χ1n) is 6.11. The van der Waals surface area contributed by atoms with Crippen molar-refractivity contribution in [3.63, 3.8) is 0 Å². The Morgan fingerprint density at radius 2 is 1.25 bits per heavy atom. The molecule has 9 heteroatoms. The van der Waals surface area contributed by atoms with E-state index in [2.05, 4.69) is 20.1 Å². The van der Waals surface area contributed by atoms with Gasteiger partial charge in [-0.25, -0.2) is 14.4 Å². The van der Waals surface area contributed by atoms with Gasteiger partial charge in [0.2, 0.25) is 0 Å². The quantitative estimate of drug-likeness (QED) is 0.294. The third-order valence-electron chi connectivity index (χ3n) is 3.06. The molecule has 2 atom stereocenters. The predicted molar refractivity (Wildman–Crippen MR) is 61.9 cm³/mol. The van der Waals surface area contributed by atoms with Crippen LogP contribution in [0.25, 0.3) is 0 Å². The maximum Gasteiger partial charge on any atom is 1.00 e. The number of carbonyl (C=O) groups is 3. The van der Waals surface area contributed by atoms with Crippen LogP contribution < -0.4 is 113 Å². The van der Waals surface area contributed by atoms with Crippen LogP contribution in [0.15, 0.2) is 0 Å². The Morgan fingerprint density at radius 1 is 0.850 bits per heavy atom. The molecule has 2 N–H and O–H groups in total. The summed E-state index contributed by atoms with van der Waals surface area (Å²) in [5, 5.41) is 5.78. The summed E-state index contributed by atoms with van der Waals surface area (Å²) < 4.78 is 8.91. The fraction of sp³-hybridized carbons (Fsp3) is 0.727. The Bertz CT molecular complexity index is 332. The topological polar surface area (TPSA) is 93.7 Å². The van der Waals surface area contributed by atoms with Gasteiger partial charge in [-0.15, -0.1) is 0 Å². The molecule has 0 unspecified atom stereocenters. The predicted octanol–water partition coefficient (Wildman–Crippen LogP) is -6.07. The van der Waals surface area contributed by atoms with Crippen LogP contribution in [0.1, 0.15) is 28.5 Å². The molecular weight excluding hydrogens is 318 g/mol. The summed E-state index contributed by atoms with van der Waals surface area (Å²) in [6.07, 6.45) is 1.74. The van der Waals surface area contributed by atoms with E-state index in [-0.39, 0.29) is 106 Å². The molecule has 0 spiro atoms. The van der Waals surface area contributed by atoms with Crippen LogP contribution in [0.2, 0.25) is 0 Å². The van der Waals surface area contributed by atoms with Crippen molar-refractivity contribution in [2.45, 2.75) is 37.8 Å². The van der Waals surface area contributed by atoms with Gasteiger partial charge in [0.1, 0.15) is 12.1 Å². The molecule has 0 aromatic carbocycles. The van der Waals surface area contributed by atoms with Crippen molar-refractivity contribution >= 4 is 18.1 Å². The smallest absolute Gasteiger partial charge is 1.00 e. The second-order valence-corrected chi connectivity index (χ2v) is 4.39. The van der Waals surface area contributed by atoms with Crippen LogP contribution >= 0.6 is 0 Å². The summed E-state index contributed by atoms with van der Waals surface area (Å²) in [6.45, 7) is 1.44. The molecule has 0 bridgehead atoms. The van der Waals surface area contributed by atoms with E-state index in [9.17, 15) is 14.4 Å². The second-order valence-electron chi connectivity index (χ2n) is 4.39. The van der Waals surface area contributed by atoms with E-state index in [4.69, 9.17) is 0 Å². The first-order valence-corrected chi connectivity index (χ1v) is 6.11. The van der Waals surface area contributed by atoms with E-state index in [0.717, 1.165) is 25.9 Å². The van der Waals surface area contributed by atoms with Gasteiger partial charge >= 0.3 is 121 Å². The van der Waals surface area contributed by atoms with Gasteiger partial charge in [-0.05, 0) is 38.8 Å². The van der Waals surface area contributed by atoms with Gasteiger partial charge in [0.15, 0.2) is 0 Å². The number of nitrogens with one attached hydrogen (secondary N) is 2. The van der Waals surface area contributed by atoms with Gasteiger partial charge in [0.05, 0.1) is 0 Å². The van der Waals surface area contributed by atoms with Crippen LogP contribution in [0, 0.1) is 0 Å². The molecule has 0 radical (unpaired) electrons. The Hall–Kier alpha value is 1.80. The molecule has 0 saturated carbocycles. The van der Waals surface area contributed by atoms with Crippen molar-refractivity contribution in [2.24, 2.45) is 0 Å². The van der Waals surface area contributed by atoms with Crippen LogP contribution in [0.3, 0.4) is 0 Å². The van der Waals surface area contributed by atoms with Gasteiger partial charge in [-0.3, -0.25) is 0 Å². The van der Waals surface area contributed by atoms with Gasteiger partial charge in [-0.1, -0.05) is 0 Å². The van der Waals surface area contributed by atoms with Crippen LogP contribution in [0.4, 0.5) is 4.79 Å². The molecule has 7 nitrogen and oxygen atoms in total. The monoisotopic (exact) mass is 336 g/mol. The largest absolute Gasteiger partial charge is 1.00 e. The van der Waals surface area contributed by atoms with Crippen molar-refractivity contribution in [1.29, 1.82) is 0 Å². The third-order valence-corrected chi connectivity index (χ3v) is 3.06. The molecule has 0 amide bonds. The molecule has 20 heavy (non-hydrogen) atoms. The molecule has 2 rings (SSSR count). The molecule has 2 aliphatic rings. The molecule has 2 saturated heterocycles. The molecule has 2 aliphatic heterocycles. The van der Waals surface area contributed by atoms with E-state index in [1.807, 2.05) is 0 Å². The number of ether oxygens (including phenoxy) is 2. The number of esters is 2. The Morgan fingerprint density at radius 3 is 1.55 bits per heavy atom. The zero-order chi connectivity index (χ0) is 13.0. The molecule has 2 heterocycles. The molecular formula is C11H18K2N2O5. The molecule has 0 aliphatic carbocycles. The van der Waals surface area contributed by atoms with Gasteiger partial charge in [0, 0.05) is 0 Å². The van der Waals surface area contributed by atoms with Crippen molar-refractivity contribution < 1.29 is 129 Å². The fourth-order valence-electron chi connectivity index (χ4n) is 2.10. The average Bonchev–Trinajstić information content (AvgIpc) is 3.02. The molecule has 2 fully saturated rings. The van der Waals surface area contributed by atoms with Gasteiger partial charge < -0.3 is 23.0 Å². The average molecular weight is 336 g/mol. The summed E-state index contributed by atoms with van der Waals surface area (Å²) in [7, 11) is 0. The first-order chi connectivity index (χ1) is 8.66. The minimum atomic E-state index is -1.24. The summed E-state index contributed by atoms with van der Waals surface area (Å²) >= 11 is 0. The Kier molecular flexibility index (Phi) is 12.4. The molecule has 0 aromatic rings. The standard InChI is InChI=1S/C11H16N2O5.2K.2H/c14-9(7-3-1-5-12-7)17-11(16)18-10(15)8-4-2-6-13-8;;;;/h7-8,12-13H,1-6H2;;;;/q;2*+1;2*-1/t7-,8-;;;;/m0..../s1. The zero-order valence-electron chi connectivity index (χ0n) is 13.9. The summed E-state index contributed by atoms with van der Waals surface area (Å²) in [4.78, 5) is 34.1. The summed E-state index contributed by atoms with van der Waals surface area (Å²) in [5.74, 6) is -1.38. The van der Waals surface area contributed by atoms with Crippen LogP contribution in [0.5, 0.6) is 0 Å². The number of rotatable bonds is 2. The zero-order valence-corrected chi connectivity index (χ0v) is 18.2. The van der Waals surface area contributed by atoms with Crippen molar-refractivity contribution in [3.8, 4) is 0 Å². The summed E-state index contributed by atoms with van der Waals surface area (Å²) in [5.41, 5.74) is 0. The first kappa shape index (κ1) is 21.8. The van der Waals surface area contributed by atoms with E-state index < -0.39 is 30.2 Å². The maximum absolute atomic E-state index is 11.4. The third kappa shape index (κ3) is 6.92. The van der Waals surface area contributed by atoms with E-state index >= 15 is 0 Å². The van der Waals surface area contributed by atoms with Crippen LogP contribution in [-0.2, 0) is 19.1 Å². The second kappa shape index (κ2) is 11.4. The van der Waals surface area contributed by atoms with Crippen molar-refractivity contribution in [3.05, 3.63) is 0 Å². The van der Waals surface area contributed by atoms with Gasteiger partial charge in [-0.2, -0.15) is 0 Å². The molecule has 0 aromatic heterocycles. The fourth-order valence-corrected chi connectivity index (χ4v) is 2.10. The number of hydrogen-bond acceptors (Lipinski definition) is 7. The SMILES string of the molecule is O=C(OC(=O)[C@@H]1CCCN1)OC(=O)[C@@H]1CCCN1.[H-].[H-].[K+].[K+]. The number of carbonyl (C=O) groups excluding carboxylic acids is 3. The van der Waals surface area contributed by atoms with Crippen molar-refractivity contribution in [2.75, 3.05) is 13.1 Å². The minimum Gasteiger partial charge on any atom is -1.00 e. The van der Waals surface area contributed by atoms with E-state index in [0.29, 0.717) is 12.8 Å². The number of hydrogen-bond donors (Lipinski definition) is 2. The Labute approximate surface area is 205 Å². The molecule has 104 valence electrons. The van der Waals surface area contributed by atoms with E-state index in [1.54, 1.807) is 0 Å².